The van der Waals surface area contributed by atoms with E-state index < -0.39 is 0 Å². The summed E-state index contributed by atoms with van der Waals surface area (Å²) < 4.78 is 0.496. The van der Waals surface area contributed by atoms with E-state index in [0.717, 1.165) is 11.1 Å². The van der Waals surface area contributed by atoms with E-state index in [9.17, 15) is 0 Å². The summed E-state index contributed by atoms with van der Waals surface area (Å²) in [5, 5.41) is 1.24. The van der Waals surface area contributed by atoms with Crippen LogP contribution in [0.3, 0.4) is 0 Å². The zero-order valence-electron chi connectivity index (χ0n) is 8.64. The Morgan fingerprint density at radius 2 is 1.65 bits per heavy atom. The van der Waals surface area contributed by atoms with E-state index >= 15 is 0 Å². The topological polar surface area (TPSA) is 25.8 Å². The van der Waals surface area contributed by atoms with Crippen molar-refractivity contribution in [2.24, 2.45) is 0 Å². The molecule has 0 atom stereocenters. The third-order valence-corrected chi connectivity index (χ3v) is 4.19. The first-order valence-electron chi connectivity index (χ1n) is 4.64. The maximum absolute atomic E-state index is 5.94. The van der Waals surface area contributed by atoms with Crippen LogP contribution in [-0.4, -0.2) is 9.97 Å². The zero-order chi connectivity index (χ0) is 12.6. The molecular weight excluding hydrogens is 346 g/mol. The van der Waals surface area contributed by atoms with Crippen molar-refractivity contribution in [2.45, 2.75) is 6.92 Å². The van der Waals surface area contributed by atoms with Gasteiger partial charge in [0.05, 0.1) is 4.47 Å². The number of benzene rings is 1. The van der Waals surface area contributed by atoms with Crippen LogP contribution in [0.15, 0.2) is 22.7 Å². The Bertz CT molecular complexity index is 564. The Kier molecular flexibility index (Phi) is 3.93. The highest BCUT2D eigenvalue weighted by Crippen LogP contribution is 2.31. The van der Waals surface area contributed by atoms with Gasteiger partial charge >= 0.3 is 0 Å². The molecule has 17 heavy (non-hydrogen) atoms. The summed E-state index contributed by atoms with van der Waals surface area (Å²) in [5.41, 5.74) is 1.82. The summed E-state index contributed by atoms with van der Waals surface area (Å²) in [5.74, 6) is 0.484. The zero-order valence-corrected chi connectivity index (χ0v) is 12.5. The van der Waals surface area contributed by atoms with E-state index in [1.807, 2.05) is 19.1 Å². The van der Waals surface area contributed by atoms with Crippen molar-refractivity contribution in [1.82, 2.24) is 9.97 Å². The quantitative estimate of drug-likeness (QED) is 0.661. The maximum atomic E-state index is 5.94. The molecule has 0 fully saturated rings. The molecule has 0 unspecified atom stereocenters. The largest absolute Gasteiger partial charge is 0.215 e. The van der Waals surface area contributed by atoms with Gasteiger partial charge in [0.1, 0.15) is 10.3 Å². The molecule has 0 radical (unpaired) electrons. The van der Waals surface area contributed by atoms with Crippen LogP contribution in [0.5, 0.6) is 0 Å². The van der Waals surface area contributed by atoms with Crippen LogP contribution in [0.1, 0.15) is 5.56 Å². The Morgan fingerprint density at radius 1 is 1.06 bits per heavy atom. The van der Waals surface area contributed by atoms with Gasteiger partial charge in [0.15, 0.2) is 5.82 Å². The molecule has 6 heteroatoms. The number of aromatic nitrogens is 2. The number of hydrogen-bond donors (Lipinski definition) is 0. The number of halogens is 4. The SMILES string of the molecule is Cc1cc(Cl)ccc1-c1nc(Cl)c(Br)c(Cl)n1. The minimum absolute atomic E-state index is 0.286. The van der Waals surface area contributed by atoms with Gasteiger partial charge < -0.3 is 0 Å². The normalized spacial score (nSPS) is 10.6. The molecule has 0 bridgehead atoms. The lowest BCUT2D eigenvalue weighted by Gasteiger charge is -2.07. The highest BCUT2D eigenvalue weighted by Gasteiger charge is 2.12. The third kappa shape index (κ3) is 2.74. The van der Waals surface area contributed by atoms with E-state index in [-0.39, 0.29) is 10.3 Å². The van der Waals surface area contributed by atoms with Gasteiger partial charge in [0.2, 0.25) is 0 Å². The Morgan fingerprint density at radius 3 is 2.18 bits per heavy atom. The molecule has 0 saturated heterocycles. The summed E-state index contributed by atoms with van der Waals surface area (Å²) in [6.45, 7) is 1.93. The molecule has 0 saturated carbocycles. The second-order valence-electron chi connectivity index (χ2n) is 3.40. The Hall–Kier alpha value is -0.350. The highest BCUT2D eigenvalue weighted by atomic mass is 79.9. The van der Waals surface area contributed by atoms with Gasteiger partial charge in [-0.1, -0.05) is 34.8 Å². The average Bonchev–Trinajstić information content (AvgIpc) is 2.25. The summed E-state index contributed by atoms with van der Waals surface area (Å²) in [7, 11) is 0. The van der Waals surface area contributed by atoms with Crippen molar-refractivity contribution < 1.29 is 0 Å². The van der Waals surface area contributed by atoms with E-state index in [2.05, 4.69) is 25.9 Å². The highest BCUT2D eigenvalue weighted by molar-refractivity contribution is 9.10. The fraction of sp³-hybridized carbons (Fsp3) is 0.0909. The molecule has 88 valence electrons. The molecule has 2 rings (SSSR count). The lowest BCUT2D eigenvalue weighted by Crippen LogP contribution is -1.94. The molecule has 2 aromatic rings. The van der Waals surface area contributed by atoms with Gasteiger partial charge in [-0.3, -0.25) is 0 Å². The molecule has 0 aliphatic rings. The van der Waals surface area contributed by atoms with Crippen LogP contribution in [0.2, 0.25) is 15.3 Å². The molecule has 1 aromatic heterocycles. The maximum Gasteiger partial charge on any atom is 0.162 e. The van der Waals surface area contributed by atoms with Crippen molar-refractivity contribution >= 4 is 50.7 Å². The van der Waals surface area contributed by atoms with Crippen molar-refractivity contribution in [3.8, 4) is 11.4 Å². The first kappa shape index (κ1) is 13.1. The van der Waals surface area contributed by atoms with Crippen molar-refractivity contribution in [3.63, 3.8) is 0 Å². The van der Waals surface area contributed by atoms with Gasteiger partial charge in [-0.2, -0.15) is 0 Å². The van der Waals surface area contributed by atoms with Gasteiger partial charge in [-0.15, -0.1) is 0 Å². The van der Waals surface area contributed by atoms with Crippen LogP contribution in [-0.2, 0) is 0 Å². The minimum atomic E-state index is 0.286. The van der Waals surface area contributed by atoms with Crippen molar-refractivity contribution in [1.29, 1.82) is 0 Å². The fourth-order valence-electron chi connectivity index (χ4n) is 1.39. The average molecular weight is 352 g/mol. The van der Waals surface area contributed by atoms with E-state index in [1.54, 1.807) is 6.07 Å². The van der Waals surface area contributed by atoms with Gasteiger partial charge in [-0.05, 0) is 46.6 Å². The van der Waals surface area contributed by atoms with E-state index in [4.69, 9.17) is 34.8 Å². The lowest BCUT2D eigenvalue weighted by molar-refractivity contribution is 1.15. The van der Waals surface area contributed by atoms with Crippen LogP contribution >= 0.6 is 50.7 Å². The second-order valence-corrected chi connectivity index (χ2v) is 5.35. The van der Waals surface area contributed by atoms with Crippen LogP contribution < -0.4 is 0 Å². The molecule has 0 aliphatic heterocycles. The lowest BCUT2D eigenvalue weighted by atomic mass is 10.1. The molecule has 2 nitrogen and oxygen atoms in total. The summed E-state index contributed by atoms with van der Waals surface area (Å²) in [4.78, 5) is 8.35. The van der Waals surface area contributed by atoms with Crippen LogP contribution in [0.25, 0.3) is 11.4 Å². The monoisotopic (exact) mass is 350 g/mol. The molecular formula is C11H6BrCl3N2. The summed E-state index contributed by atoms with van der Waals surface area (Å²) in [6.07, 6.45) is 0. The smallest absolute Gasteiger partial charge is 0.162 e. The van der Waals surface area contributed by atoms with Crippen molar-refractivity contribution in [2.75, 3.05) is 0 Å². The number of nitrogens with zero attached hydrogens (tertiary/aromatic N) is 2. The second kappa shape index (κ2) is 5.11. The predicted octanol–water partition coefficient (Wildman–Crippen LogP) is 5.17. The number of aryl methyl sites for hydroxylation is 1. The molecule has 1 aromatic carbocycles. The molecule has 0 aliphatic carbocycles. The minimum Gasteiger partial charge on any atom is -0.215 e. The van der Waals surface area contributed by atoms with Crippen LogP contribution in [0.4, 0.5) is 0 Å². The fourth-order valence-corrected chi connectivity index (χ4v) is 2.18. The number of rotatable bonds is 1. The van der Waals surface area contributed by atoms with Gasteiger partial charge in [0.25, 0.3) is 0 Å². The van der Waals surface area contributed by atoms with E-state index in [0.29, 0.717) is 15.3 Å². The van der Waals surface area contributed by atoms with Crippen molar-refractivity contribution in [3.05, 3.63) is 43.6 Å². The molecule has 1 heterocycles. The number of hydrogen-bond acceptors (Lipinski definition) is 2. The molecule has 0 amide bonds. The van der Waals surface area contributed by atoms with Gasteiger partial charge in [-0.25, -0.2) is 9.97 Å². The third-order valence-electron chi connectivity index (χ3n) is 2.20. The Balaban J connectivity index is 2.61. The van der Waals surface area contributed by atoms with Gasteiger partial charge in [0, 0.05) is 10.6 Å². The van der Waals surface area contributed by atoms with E-state index in [1.165, 1.54) is 0 Å². The summed E-state index contributed by atoms with van der Waals surface area (Å²) in [6, 6.07) is 5.45. The molecule has 0 N–H and O–H groups in total. The predicted molar refractivity (Wildman–Crippen MR) is 74.9 cm³/mol. The Labute approximate surface area is 122 Å². The standard InChI is InChI=1S/C11H6BrCl3N2/c1-5-4-6(13)2-3-7(5)11-16-9(14)8(12)10(15)17-11/h2-4H,1H3. The first-order valence-corrected chi connectivity index (χ1v) is 6.57. The summed E-state index contributed by atoms with van der Waals surface area (Å²) >= 11 is 21.0. The first-order chi connectivity index (χ1) is 7.99. The van der Waals surface area contributed by atoms with Crippen LogP contribution in [0, 0.1) is 6.92 Å². The molecule has 0 spiro atoms.